The summed E-state index contributed by atoms with van der Waals surface area (Å²) in [6, 6.07) is 10.4. The fourth-order valence-corrected chi connectivity index (χ4v) is 5.76. The SMILES string of the molecule is CC[C@H](C)c1ccc(-n2c(C)cc(/C=C3/C(=N)N4C(=NC3=O)SN=C4S(C)(=O)=O)c2C)cc1. The highest BCUT2D eigenvalue weighted by Crippen LogP contribution is 2.31. The highest BCUT2D eigenvalue weighted by atomic mass is 32.2. The number of carbonyl (C=O) groups is 1. The molecule has 1 aromatic heterocycles. The maximum atomic E-state index is 12.7. The van der Waals surface area contributed by atoms with E-state index in [-0.39, 0.29) is 21.7 Å². The summed E-state index contributed by atoms with van der Waals surface area (Å²) in [5.74, 6) is -0.350. The number of amidine groups is 3. The van der Waals surface area contributed by atoms with Gasteiger partial charge in [0.2, 0.25) is 20.2 Å². The molecule has 10 heteroatoms. The van der Waals surface area contributed by atoms with Crippen LogP contribution in [0.2, 0.25) is 0 Å². The molecule has 0 spiro atoms. The van der Waals surface area contributed by atoms with Gasteiger partial charge in [-0.25, -0.2) is 13.3 Å². The minimum absolute atomic E-state index is 0.0185. The van der Waals surface area contributed by atoms with E-state index in [0.29, 0.717) is 5.92 Å². The molecule has 0 saturated heterocycles. The lowest BCUT2D eigenvalue weighted by Gasteiger charge is -2.23. The summed E-state index contributed by atoms with van der Waals surface area (Å²) in [5, 5.41) is 8.32. The van der Waals surface area contributed by atoms with Crippen molar-refractivity contribution >= 4 is 49.9 Å². The number of aliphatic imine (C=N–C) groups is 1. The van der Waals surface area contributed by atoms with Crippen molar-refractivity contribution in [2.24, 2.45) is 9.39 Å². The van der Waals surface area contributed by atoms with Crippen molar-refractivity contribution in [3.63, 3.8) is 0 Å². The molecule has 2 aromatic rings. The topological polar surface area (TPSA) is 108 Å². The predicted octanol–water partition coefficient (Wildman–Crippen LogP) is 4.23. The van der Waals surface area contributed by atoms with Gasteiger partial charge in [0.1, 0.15) is 5.84 Å². The minimum Gasteiger partial charge on any atom is -0.318 e. The molecule has 4 rings (SSSR count). The van der Waals surface area contributed by atoms with Gasteiger partial charge in [-0.3, -0.25) is 10.2 Å². The lowest BCUT2D eigenvalue weighted by Crippen LogP contribution is -2.45. The molecule has 1 aromatic carbocycles. The Bertz CT molecular complexity index is 1370. The van der Waals surface area contributed by atoms with Gasteiger partial charge in [-0.05, 0) is 61.6 Å². The molecule has 0 unspecified atom stereocenters. The Hall–Kier alpha value is -2.98. The van der Waals surface area contributed by atoms with Gasteiger partial charge in [-0.1, -0.05) is 26.0 Å². The second-order valence-corrected chi connectivity index (χ2v) is 10.9. The molecule has 0 bridgehead atoms. The first-order valence-electron chi connectivity index (χ1n) is 10.5. The van der Waals surface area contributed by atoms with Crippen molar-refractivity contribution in [1.82, 2.24) is 9.47 Å². The molecule has 0 radical (unpaired) electrons. The molecular weight excluding hydrogens is 458 g/mol. The van der Waals surface area contributed by atoms with Crippen LogP contribution in [-0.2, 0) is 14.6 Å². The van der Waals surface area contributed by atoms with Gasteiger partial charge in [0, 0.05) is 23.3 Å². The lowest BCUT2D eigenvalue weighted by molar-refractivity contribution is -0.114. The van der Waals surface area contributed by atoms with Crippen LogP contribution in [0, 0.1) is 19.3 Å². The number of carbonyl (C=O) groups excluding carboxylic acids is 1. The normalized spacial score (nSPS) is 18.5. The first-order chi connectivity index (χ1) is 15.5. The van der Waals surface area contributed by atoms with Gasteiger partial charge in [-0.2, -0.15) is 9.39 Å². The summed E-state index contributed by atoms with van der Waals surface area (Å²) in [5.41, 5.74) is 4.95. The zero-order chi connectivity index (χ0) is 24.1. The Balaban J connectivity index is 1.73. The molecule has 1 atom stereocenters. The zero-order valence-electron chi connectivity index (χ0n) is 19.1. The van der Waals surface area contributed by atoms with Gasteiger partial charge in [0.25, 0.3) is 5.91 Å². The van der Waals surface area contributed by atoms with Crippen molar-refractivity contribution in [1.29, 1.82) is 5.41 Å². The number of hydrogen-bond acceptors (Lipinski definition) is 6. The van der Waals surface area contributed by atoms with Crippen LogP contribution in [-0.4, -0.2) is 46.2 Å². The van der Waals surface area contributed by atoms with E-state index >= 15 is 0 Å². The molecule has 3 heterocycles. The van der Waals surface area contributed by atoms with Crippen molar-refractivity contribution in [3.8, 4) is 5.69 Å². The van der Waals surface area contributed by atoms with E-state index in [4.69, 9.17) is 5.41 Å². The van der Waals surface area contributed by atoms with E-state index in [2.05, 4.69) is 52.1 Å². The monoisotopic (exact) mass is 483 g/mol. The molecule has 0 aliphatic carbocycles. The zero-order valence-corrected chi connectivity index (χ0v) is 20.7. The number of aryl methyl sites for hydroxylation is 1. The van der Waals surface area contributed by atoms with Gasteiger partial charge in [0.05, 0.1) is 17.5 Å². The van der Waals surface area contributed by atoms with Crippen LogP contribution in [0.15, 0.2) is 45.3 Å². The van der Waals surface area contributed by atoms with Gasteiger partial charge >= 0.3 is 0 Å². The van der Waals surface area contributed by atoms with Crippen molar-refractivity contribution in [2.45, 2.75) is 40.0 Å². The molecule has 0 saturated carbocycles. The summed E-state index contributed by atoms with van der Waals surface area (Å²) in [4.78, 5) is 17.7. The lowest BCUT2D eigenvalue weighted by atomic mass is 9.98. The van der Waals surface area contributed by atoms with Crippen LogP contribution >= 0.6 is 11.9 Å². The molecule has 1 amide bonds. The van der Waals surface area contributed by atoms with Crippen LogP contribution in [0.3, 0.4) is 0 Å². The summed E-state index contributed by atoms with van der Waals surface area (Å²) in [6.07, 6.45) is 3.69. The predicted molar refractivity (Wildman–Crippen MR) is 134 cm³/mol. The van der Waals surface area contributed by atoms with Crippen LogP contribution < -0.4 is 0 Å². The summed E-state index contributed by atoms with van der Waals surface area (Å²) in [6.45, 7) is 8.30. The van der Waals surface area contributed by atoms with Gasteiger partial charge in [0.15, 0.2) is 0 Å². The number of benzene rings is 1. The highest BCUT2D eigenvalue weighted by molar-refractivity contribution is 8.16. The molecular formula is C23H25N5O3S2. The third-order valence-corrected chi connectivity index (χ3v) is 7.68. The second-order valence-electron chi connectivity index (χ2n) is 8.24. The largest absolute Gasteiger partial charge is 0.318 e. The third-order valence-electron chi connectivity index (χ3n) is 5.93. The van der Waals surface area contributed by atoms with Crippen LogP contribution in [0.5, 0.6) is 0 Å². The third kappa shape index (κ3) is 4.08. The number of sulfone groups is 1. The van der Waals surface area contributed by atoms with E-state index in [9.17, 15) is 13.2 Å². The highest BCUT2D eigenvalue weighted by Gasteiger charge is 2.41. The fourth-order valence-electron chi connectivity index (χ4n) is 3.91. The van der Waals surface area contributed by atoms with E-state index in [1.165, 1.54) is 5.56 Å². The number of hydrogen-bond donors (Lipinski definition) is 1. The standard InChI is InChI=1S/C23H25N5O3S2/c1-6-13(2)16-7-9-18(10-8-16)27-14(3)11-17(15(27)4)12-19-20(24)28-22(25-21(19)29)32-26-23(28)33(5,30)31/h7-13,24H,6H2,1-5H3/b19-12-,24-20?/t13-/m0/s1. The quantitative estimate of drug-likeness (QED) is 0.517. The number of nitrogens with one attached hydrogen (secondary N) is 1. The van der Waals surface area contributed by atoms with Crippen LogP contribution in [0.4, 0.5) is 0 Å². The number of rotatable bonds is 4. The minimum atomic E-state index is -3.69. The Morgan fingerprint density at radius 3 is 2.48 bits per heavy atom. The number of fused-ring (bicyclic) bond motifs is 1. The maximum absolute atomic E-state index is 12.7. The Labute approximate surface area is 197 Å². The molecule has 172 valence electrons. The van der Waals surface area contributed by atoms with Crippen LogP contribution in [0.1, 0.15) is 48.7 Å². The first-order valence-corrected chi connectivity index (χ1v) is 13.2. The number of amides is 1. The van der Waals surface area contributed by atoms with E-state index in [1.54, 1.807) is 6.08 Å². The average Bonchev–Trinajstić information content (AvgIpc) is 3.31. The summed E-state index contributed by atoms with van der Waals surface area (Å²) >= 11 is 0.780. The second kappa shape index (κ2) is 8.42. The molecule has 1 N–H and O–H groups in total. The Morgan fingerprint density at radius 2 is 1.88 bits per heavy atom. The molecule has 2 aliphatic rings. The smallest absolute Gasteiger partial charge is 0.283 e. The van der Waals surface area contributed by atoms with Crippen LogP contribution in [0.25, 0.3) is 11.8 Å². The van der Waals surface area contributed by atoms with Crippen molar-refractivity contribution in [3.05, 3.63) is 58.4 Å². The van der Waals surface area contributed by atoms with E-state index in [0.717, 1.165) is 52.2 Å². The van der Waals surface area contributed by atoms with Crippen molar-refractivity contribution in [2.75, 3.05) is 6.26 Å². The molecule has 33 heavy (non-hydrogen) atoms. The molecule has 8 nitrogen and oxygen atoms in total. The van der Waals surface area contributed by atoms with Crippen molar-refractivity contribution < 1.29 is 13.2 Å². The van der Waals surface area contributed by atoms with Gasteiger partial charge < -0.3 is 4.57 Å². The van der Waals surface area contributed by atoms with Gasteiger partial charge in [-0.15, -0.1) is 0 Å². The Kier molecular flexibility index (Phi) is 5.92. The Morgan fingerprint density at radius 1 is 1.21 bits per heavy atom. The number of aromatic nitrogens is 1. The molecule has 2 aliphatic heterocycles. The number of nitrogens with zero attached hydrogens (tertiary/aromatic N) is 4. The first kappa shape index (κ1) is 23.2. The van der Waals surface area contributed by atoms with E-state index in [1.807, 2.05) is 19.9 Å². The fraction of sp³-hybridized carbons (Fsp3) is 0.304. The average molecular weight is 484 g/mol. The maximum Gasteiger partial charge on any atom is 0.283 e. The summed E-state index contributed by atoms with van der Waals surface area (Å²) in [7, 11) is -3.69. The summed E-state index contributed by atoms with van der Waals surface area (Å²) < 4.78 is 30.1. The molecule has 0 fully saturated rings. The van der Waals surface area contributed by atoms with E-state index < -0.39 is 15.7 Å².